The molecule has 17 heavy (non-hydrogen) atoms. The Morgan fingerprint density at radius 1 is 1.53 bits per heavy atom. The fourth-order valence-electron chi connectivity index (χ4n) is 1.67. The van der Waals surface area contributed by atoms with Gasteiger partial charge in [-0.05, 0) is 38.7 Å². The number of Topliss-reactive ketones (excluding diaryl/α,β-unsaturated/α-hetero) is 1. The number of ether oxygens (including phenoxy) is 1. The van der Waals surface area contributed by atoms with Crippen LogP contribution in [0.15, 0.2) is 12.2 Å². The molecule has 4 nitrogen and oxygen atoms in total. The molecule has 0 saturated carbocycles. The largest absolute Gasteiger partial charge is 0.455 e. The van der Waals surface area contributed by atoms with E-state index in [9.17, 15) is 14.7 Å². The zero-order valence-corrected chi connectivity index (χ0v) is 10.4. The number of hydrogen-bond donors (Lipinski definition) is 1. The Balaban J connectivity index is 2.14. The highest BCUT2D eigenvalue weighted by Gasteiger charge is 2.26. The lowest BCUT2D eigenvalue weighted by atomic mass is 9.93. The highest BCUT2D eigenvalue weighted by Crippen LogP contribution is 2.17. The molecule has 0 radical (unpaired) electrons. The average Bonchev–Trinajstić information content (AvgIpc) is 2.70. The number of hydrogen-bond acceptors (Lipinski definition) is 4. The molecule has 0 aromatic carbocycles. The van der Waals surface area contributed by atoms with Crippen molar-refractivity contribution in [3.63, 3.8) is 0 Å². The lowest BCUT2D eigenvalue weighted by molar-refractivity contribution is -0.139. The van der Waals surface area contributed by atoms with Crippen molar-refractivity contribution in [2.45, 2.75) is 57.7 Å². The minimum atomic E-state index is -1.19. The average molecular weight is 240 g/mol. The van der Waals surface area contributed by atoms with Gasteiger partial charge in [0.05, 0.1) is 0 Å². The molecule has 4 heteroatoms. The number of rotatable bonds is 7. The number of carbonyl (C=O) groups is 2. The van der Waals surface area contributed by atoms with Gasteiger partial charge in [-0.1, -0.05) is 6.92 Å². The van der Waals surface area contributed by atoms with E-state index in [2.05, 4.69) is 0 Å². The Labute approximate surface area is 102 Å². The summed E-state index contributed by atoms with van der Waals surface area (Å²) in [5.41, 5.74) is -1.19. The van der Waals surface area contributed by atoms with Gasteiger partial charge in [0.1, 0.15) is 11.7 Å². The lowest BCUT2D eigenvalue weighted by Crippen LogP contribution is -2.33. The first-order valence-electron chi connectivity index (χ1n) is 6.10. The molecule has 1 N–H and O–H groups in total. The number of unbranched alkanes of at least 4 members (excludes halogenated alkanes) is 1. The Morgan fingerprint density at radius 2 is 2.24 bits per heavy atom. The van der Waals surface area contributed by atoms with Gasteiger partial charge in [-0.15, -0.1) is 0 Å². The highest BCUT2D eigenvalue weighted by atomic mass is 16.5. The van der Waals surface area contributed by atoms with Crippen LogP contribution in [0, 0.1) is 0 Å². The lowest BCUT2D eigenvalue weighted by Gasteiger charge is -2.19. The van der Waals surface area contributed by atoms with Gasteiger partial charge in [0.15, 0.2) is 5.78 Å². The standard InChI is InChI=1S/C13H20O4/c1-3-13(2,16)11(14)7-5-4-6-10-8-9-12(15)17-10/h8-10,16H,3-7H2,1-2H3. The molecule has 1 aliphatic rings. The van der Waals surface area contributed by atoms with E-state index >= 15 is 0 Å². The molecule has 96 valence electrons. The molecule has 1 aliphatic heterocycles. The van der Waals surface area contributed by atoms with Gasteiger partial charge in [0.2, 0.25) is 0 Å². The first-order valence-corrected chi connectivity index (χ1v) is 6.10. The van der Waals surface area contributed by atoms with Crippen LogP contribution >= 0.6 is 0 Å². The van der Waals surface area contributed by atoms with Crippen molar-refractivity contribution in [1.29, 1.82) is 0 Å². The third kappa shape index (κ3) is 4.30. The maximum atomic E-state index is 11.6. The first-order chi connectivity index (χ1) is 7.95. The Hall–Kier alpha value is -1.16. The Morgan fingerprint density at radius 3 is 2.76 bits per heavy atom. The van der Waals surface area contributed by atoms with Crippen molar-refractivity contribution < 1.29 is 19.4 Å². The summed E-state index contributed by atoms with van der Waals surface area (Å²) in [4.78, 5) is 22.4. The van der Waals surface area contributed by atoms with Crippen LogP contribution in [0.5, 0.6) is 0 Å². The van der Waals surface area contributed by atoms with Crippen molar-refractivity contribution in [3.8, 4) is 0 Å². The SMILES string of the molecule is CCC(C)(O)C(=O)CCCCC1C=CC(=O)O1. The van der Waals surface area contributed by atoms with Gasteiger partial charge in [-0.2, -0.15) is 0 Å². The molecule has 2 atom stereocenters. The Kier molecular flexibility index (Phi) is 4.87. The molecular weight excluding hydrogens is 220 g/mol. The van der Waals surface area contributed by atoms with Crippen LogP contribution in [0.25, 0.3) is 0 Å². The van der Waals surface area contributed by atoms with E-state index in [1.165, 1.54) is 6.08 Å². The third-order valence-electron chi connectivity index (χ3n) is 3.15. The second-order valence-electron chi connectivity index (χ2n) is 4.63. The molecule has 2 unspecified atom stereocenters. The van der Waals surface area contributed by atoms with Crippen LogP contribution in [0.3, 0.4) is 0 Å². The number of cyclic esters (lactones) is 1. The molecule has 0 fully saturated rings. The van der Waals surface area contributed by atoms with Crippen LogP contribution in [-0.2, 0) is 14.3 Å². The molecule has 0 saturated heterocycles. The molecule has 0 bridgehead atoms. The number of ketones is 1. The zero-order chi connectivity index (χ0) is 12.9. The maximum absolute atomic E-state index is 11.6. The summed E-state index contributed by atoms with van der Waals surface area (Å²) in [6, 6.07) is 0. The quantitative estimate of drug-likeness (QED) is 0.544. The van der Waals surface area contributed by atoms with Gasteiger partial charge in [-0.3, -0.25) is 4.79 Å². The van der Waals surface area contributed by atoms with E-state index < -0.39 is 5.60 Å². The van der Waals surface area contributed by atoms with Crippen LogP contribution < -0.4 is 0 Å². The molecule has 0 aromatic rings. The van der Waals surface area contributed by atoms with Gasteiger partial charge in [0, 0.05) is 12.5 Å². The summed E-state index contributed by atoms with van der Waals surface area (Å²) < 4.78 is 4.97. The van der Waals surface area contributed by atoms with Crippen LogP contribution in [-0.4, -0.2) is 28.6 Å². The smallest absolute Gasteiger partial charge is 0.331 e. The molecule has 0 aliphatic carbocycles. The van der Waals surface area contributed by atoms with E-state index in [-0.39, 0.29) is 17.9 Å². The first kappa shape index (κ1) is 13.9. The minimum Gasteiger partial charge on any atom is -0.455 e. The van der Waals surface area contributed by atoms with E-state index in [4.69, 9.17) is 4.74 Å². The third-order valence-corrected chi connectivity index (χ3v) is 3.15. The van der Waals surface area contributed by atoms with Crippen molar-refractivity contribution in [3.05, 3.63) is 12.2 Å². The van der Waals surface area contributed by atoms with Crippen molar-refractivity contribution in [1.82, 2.24) is 0 Å². The normalized spacial score (nSPS) is 22.3. The molecule has 1 rings (SSSR count). The summed E-state index contributed by atoms with van der Waals surface area (Å²) >= 11 is 0. The summed E-state index contributed by atoms with van der Waals surface area (Å²) in [5.74, 6) is -0.404. The predicted octanol–water partition coefficient (Wildman–Crippen LogP) is 1.76. The van der Waals surface area contributed by atoms with Gasteiger partial charge < -0.3 is 9.84 Å². The van der Waals surface area contributed by atoms with E-state index in [1.54, 1.807) is 19.9 Å². The van der Waals surface area contributed by atoms with Crippen molar-refractivity contribution >= 4 is 11.8 Å². The van der Waals surface area contributed by atoms with Crippen molar-refractivity contribution in [2.75, 3.05) is 0 Å². The monoisotopic (exact) mass is 240 g/mol. The maximum Gasteiger partial charge on any atom is 0.331 e. The molecule has 1 heterocycles. The molecular formula is C13H20O4. The van der Waals surface area contributed by atoms with Crippen LogP contribution in [0.1, 0.15) is 46.0 Å². The summed E-state index contributed by atoms with van der Waals surface area (Å²) in [7, 11) is 0. The molecule has 0 spiro atoms. The second kappa shape index (κ2) is 5.96. The fraction of sp³-hybridized carbons (Fsp3) is 0.692. The van der Waals surface area contributed by atoms with Crippen molar-refractivity contribution in [2.24, 2.45) is 0 Å². The number of esters is 1. The topological polar surface area (TPSA) is 63.6 Å². The summed E-state index contributed by atoms with van der Waals surface area (Å²) in [5, 5.41) is 9.71. The minimum absolute atomic E-state index is 0.112. The highest BCUT2D eigenvalue weighted by molar-refractivity contribution is 5.86. The van der Waals surface area contributed by atoms with Gasteiger partial charge in [-0.25, -0.2) is 4.79 Å². The van der Waals surface area contributed by atoms with E-state index in [1.807, 2.05) is 0 Å². The van der Waals surface area contributed by atoms with Crippen LogP contribution in [0.2, 0.25) is 0 Å². The van der Waals surface area contributed by atoms with Gasteiger partial charge in [0.25, 0.3) is 0 Å². The number of carbonyl (C=O) groups excluding carboxylic acids is 2. The summed E-state index contributed by atoms with van der Waals surface area (Å²) in [6.07, 6.45) is 6.13. The second-order valence-corrected chi connectivity index (χ2v) is 4.63. The molecule has 0 amide bonds. The fourth-order valence-corrected chi connectivity index (χ4v) is 1.67. The van der Waals surface area contributed by atoms with Gasteiger partial charge >= 0.3 is 5.97 Å². The zero-order valence-electron chi connectivity index (χ0n) is 10.4. The van der Waals surface area contributed by atoms with Crippen LogP contribution in [0.4, 0.5) is 0 Å². The number of aliphatic hydroxyl groups is 1. The molecule has 0 aromatic heterocycles. The summed E-state index contributed by atoms with van der Waals surface area (Å²) in [6.45, 7) is 3.34. The predicted molar refractivity (Wildman–Crippen MR) is 63.4 cm³/mol. The van der Waals surface area contributed by atoms with E-state index in [0.29, 0.717) is 12.8 Å². The Bertz CT molecular complexity index is 317. The van der Waals surface area contributed by atoms with E-state index in [0.717, 1.165) is 19.3 Å².